The van der Waals surface area contributed by atoms with Crippen molar-refractivity contribution in [1.29, 1.82) is 0 Å². The van der Waals surface area contributed by atoms with Crippen molar-refractivity contribution in [3.63, 3.8) is 0 Å². The first-order valence-electron chi connectivity index (χ1n) is 8.77. The summed E-state index contributed by atoms with van der Waals surface area (Å²) >= 11 is 0. The Morgan fingerprint density at radius 2 is 1.67 bits per heavy atom. The zero-order valence-corrected chi connectivity index (χ0v) is 14.8. The zero-order chi connectivity index (χ0) is 17.6. The van der Waals surface area contributed by atoms with E-state index >= 15 is 0 Å². The van der Waals surface area contributed by atoms with Gasteiger partial charge in [0, 0.05) is 6.42 Å². The van der Waals surface area contributed by atoms with Crippen LogP contribution in [-0.4, -0.2) is 44.7 Å². The van der Waals surface area contributed by atoms with Crippen LogP contribution >= 0.6 is 0 Å². The van der Waals surface area contributed by atoms with Crippen molar-refractivity contribution in [3.05, 3.63) is 12.2 Å². The predicted molar refractivity (Wildman–Crippen MR) is 87.0 cm³/mol. The third kappa shape index (κ3) is 3.98. The molecule has 6 heteroatoms. The Kier molecular flexibility index (Phi) is 6.80. The predicted octanol–water partition coefficient (Wildman–Crippen LogP) is 2.46. The Balaban J connectivity index is 2.22. The van der Waals surface area contributed by atoms with E-state index in [1.54, 1.807) is 13.8 Å². The monoisotopic (exact) mass is 340 g/mol. The Morgan fingerprint density at radius 3 is 2.17 bits per heavy atom. The second-order valence-corrected chi connectivity index (χ2v) is 6.29. The van der Waals surface area contributed by atoms with E-state index in [1.807, 2.05) is 13.0 Å². The molecule has 0 bridgehead atoms. The average molecular weight is 340 g/mol. The van der Waals surface area contributed by atoms with Crippen LogP contribution < -0.4 is 0 Å². The number of carbonyl (C=O) groups is 2. The largest absolute Gasteiger partial charge is 0.465 e. The van der Waals surface area contributed by atoms with Gasteiger partial charge in [-0.05, 0) is 45.4 Å². The first-order valence-corrected chi connectivity index (χ1v) is 8.77. The minimum Gasteiger partial charge on any atom is -0.465 e. The number of carbonyl (C=O) groups excluding carboxylic acids is 2. The molecule has 136 valence electrons. The molecule has 1 saturated heterocycles. The van der Waals surface area contributed by atoms with Gasteiger partial charge in [-0.25, -0.2) is 0 Å². The van der Waals surface area contributed by atoms with Gasteiger partial charge in [-0.3, -0.25) is 9.59 Å². The first-order chi connectivity index (χ1) is 11.6. The SMILES string of the molecule is C/C=C\[C@@H]1CC(C(=O)OCC)(C(=O)OCC)C[C@@H]1CC1OCCO1. The van der Waals surface area contributed by atoms with Crippen molar-refractivity contribution in [2.45, 2.75) is 46.3 Å². The Hall–Kier alpha value is -1.40. The molecule has 0 aromatic rings. The van der Waals surface area contributed by atoms with E-state index < -0.39 is 17.4 Å². The quantitative estimate of drug-likeness (QED) is 0.403. The Bertz CT molecular complexity index is 448. The zero-order valence-electron chi connectivity index (χ0n) is 14.8. The lowest BCUT2D eigenvalue weighted by atomic mass is 9.84. The highest BCUT2D eigenvalue weighted by Gasteiger charge is 2.57. The molecule has 0 aromatic carbocycles. The highest BCUT2D eigenvalue weighted by molar-refractivity contribution is 6.00. The summed E-state index contributed by atoms with van der Waals surface area (Å²) in [6.45, 7) is 7.09. The highest BCUT2D eigenvalue weighted by Crippen LogP contribution is 2.50. The number of rotatable bonds is 7. The smallest absolute Gasteiger partial charge is 0.323 e. The van der Waals surface area contributed by atoms with Gasteiger partial charge in [0.15, 0.2) is 11.7 Å². The summed E-state index contributed by atoms with van der Waals surface area (Å²) in [5.74, 6) is -0.753. The number of hydrogen-bond acceptors (Lipinski definition) is 6. The fourth-order valence-corrected chi connectivity index (χ4v) is 3.73. The molecule has 2 atom stereocenters. The second-order valence-electron chi connectivity index (χ2n) is 6.29. The van der Waals surface area contributed by atoms with Crippen molar-refractivity contribution in [3.8, 4) is 0 Å². The van der Waals surface area contributed by atoms with Gasteiger partial charge in [0.25, 0.3) is 0 Å². The van der Waals surface area contributed by atoms with Crippen LogP contribution in [-0.2, 0) is 28.5 Å². The number of allylic oxidation sites excluding steroid dienone is 2. The Labute approximate surface area is 143 Å². The molecular weight excluding hydrogens is 312 g/mol. The molecule has 2 rings (SSSR count). The van der Waals surface area contributed by atoms with Gasteiger partial charge in [0.2, 0.25) is 0 Å². The van der Waals surface area contributed by atoms with E-state index in [1.165, 1.54) is 0 Å². The van der Waals surface area contributed by atoms with Gasteiger partial charge in [-0.15, -0.1) is 0 Å². The molecule has 2 aliphatic rings. The summed E-state index contributed by atoms with van der Waals surface area (Å²) in [5, 5.41) is 0. The Morgan fingerprint density at radius 1 is 1.08 bits per heavy atom. The fourth-order valence-electron chi connectivity index (χ4n) is 3.73. The normalized spacial score (nSPS) is 26.8. The minimum atomic E-state index is -1.22. The van der Waals surface area contributed by atoms with Crippen LogP contribution in [0.3, 0.4) is 0 Å². The second kappa shape index (κ2) is 8.62. The summed E-state index contributed by atoms with van der Waals surface area (Å²) in [7, 11) is 0. The number of hydrogen-bond donors (Lipinski definition) is 0. The minimum absolute atomic E-state index is 0.0941. The summed E-state index contributed by atoms with van der Waals surface area (Å²) in [6.07, 6.45) is 5.23. The van der Waals surface area contributed by atoms with Crippen molar-refractivity contribution in [2.75, 3.05) is 26.4 Å². The van der Waals surface area contributed by atoms with Crippen molar-refractivity contribution in [1.82, 2.24) is 0 Å². The first kappa shape index (κ1) is 18.9. The van der Waals surface area contributed by atoms with Crippen LogP contribution in [0.2, 0.25) is 0 Å². The van der Waals surface area contributed by atoms with Crippen LogP contribution in [0, 0.1) is 17.3 Å². The molecule has 0 unspecified atom stereocenters. The topological polar surface area (TPSA) is 71.1 Å². The molecule has 0 N–H and O–H groups in total. The maximum atomic E-state index is 12.6. The van der Waals surface area contributed by atoms with Crippen LogP contribution in [0.25, 0.3) is 0 Å². The van der Waals surface area contributed by atoms with Crippen molar-refractivity contribution in [2.24, 2.45) is 17.3 Å². The summed E-state index contributed by atoms with van der Waals surface area (Å²) < 4.78 is 21.5. The van der Waals surface area contributed by atoms with Crippen LogP contribution in [0.15, 0.2) is 12.2 Å². The molecule has 0 radical (unpaired) electrons. The molecule has 2 fully saturated rings. The molecule has 1 aliphatic heterocycles. The van der Waals surface area contributed by atoms with E-state index in [9.17, 15) is 9.59 Å². The number of ether oxygens (including phenoxy) is 4. The molecule has 1 heterocycles. The third-order valence-electron chi connectivity index (χ3n) is 4.76. The summed E-state index contributed by atoms with van der Waals surface area (Å²) in [6, 6.07) is 0. The van der Waals surface area contributed by atoms with E-state index in [0.29, 0.717) is 32.5 Å². The van der Waals surface area contributed by atoms with Gasteiger partial charge < -0.3 is 18.9 Å². The lowest BCUT2D eigenvalue weighted by Gasteiger charge is -2.24. The van der Waals surface area contributed by atoms with Crippen molar-refractivity contribution < 1.29 is 28.5 Å². The summed E-state index contributed by atoms with van der Waals surface area (Å²) in [5.41, 5.74) is -1.22. The number of esters is 2. The fraction of sp³-hybridized carbons (Fsp3) is 0.778. The van der Waals surface area contributed by atoms with Gasteiger partial charge in [0.1, 0.15) is 0 Å². The molecule has 0 aromatic heterocycles. The van der Waals surface area contributed by atoms with E-state index in [2.05, 4.69) is 6.08 Å². The summed E-state index contributed by atoms with van der Waals surface area (Å²) in [4.78, 5) is 25.2. The lowest BCUT2D eigenvalue weighted by Crippen LogP contribution is -2.40. The molecule has 24 heavy (non-hydrogen) atoms. The van der Waals surface area contributed by atoms with Gasteiger partial charge in [-0.1, -0.05) is 12.2 Å². The molecular formula is C18H28O6. The molecule has 6 nitrogen and oxygen atoms in total. The van der Waals surface area contributed by atoms with Crippen molar-refractivity contribution >= 4 is 11.9 Å². The van der Waals surface area contributed by atoms with E-state index in [-0.39, 0.29) is 31.3 Å². The molecule has 0 spiro atoms. The lowest BCUT2D eigenvalue weighted by molar-refractivity contribution is -0.172. The van der Waals surface area contributed by atoms with Gasteiger partial charge in [0.05, 0.1) is 26.4 Å². The standard InChI is InChI=1S/C18H28O6/c1-4-7-13-11-18(16(19)21-5-2,17(20)22-6-3)12-14(13)10-15-23-8-9-24-15/h4,7,13-15H,5-6,8-12H2,1-3H3/b7-4-/t13-,14+/m1/s1. The van der Waals surface area contributed by atoms with E-state index in [4.69, 9.17) is 18.9 Å². The maximum absolute atomic E-state index is 12.6. The van der Waals surface area contributed by atoms with Gasteiger partial charge in [-0.2, -0.15) is 0 Å². The molecule has 1 aliphatic carbocycles. The van der Waals surface area contributed by atoms with Gasteiger partial charge >= 0.3 is 11.9 Å². The van der Waals surface area contributed by atoms with Crippen LogP contribution in [0.1, 0.15) is 40.0 Å². The maximum Gasteiger partial charge on any atom is 0.323 e. The average Bonchev–Trinajstić information content (AvgIpc) is 3.18. The van der Waals surface area contributed by atoms with E-state index in [0.717, 1.165) is 0 Å². The highest BCUT2D eigenvalue weighted by atomic mass is 16.7. The van der Waals surface area contributed by atoms with Crippen LogP contribution in [0.5, 0.6) is 0 Å². The van der Waals surface area contributed by atoms with Crippen LogP contribution in [0.4, 0.5) is 0 Å². The molecule has 0 amide bonds. The third-order valence-corrected chi connectivity index (χ3v) is 4.76. The molecule has 1 saturated carbocycles.